The Balaban J connectivity index is 2.50. The summed E-state index contributed by atoms with van der Waals surface area (Å²) in [5.74, 6) is -0.362. The van der Waals surface area contributed by atoms with Crippen molar-refractivity contribution in [1.29, 1.82) is 0 Å². The number of hydrogen-bond donors (Lipinski definition) is 1. The van der Waals surface area contributed by atoms with Crippen LogP contribution in [0, 0.1) is 5.92 Å². The van der Waals surface area contributed by atoms with Crippen LogP contribution >= 0.6 is 0 Å². The Morgan fingerprint density at radius 3 is 2.53 bits per heavy atom. The maximum Gasteiger partial charge on any atom is 0.343 e. The monoisotopic (exact) mass is 246 g/mol. The highest BCUT2D eigenvalue weighted by Gasteiger charge is 2.45. The summed E-state index contributed by atoms with van der Waals surface area (Å²) in [5, 5.41) is 10.1. The Morgan fingerprint density at radius 1 is 1.47 bits per heavy atom. The molecule has 0 aromatic heterocycles. The molecule has 0 aromatic rings. The Labute approximate surface area is 102 Å². The van der Waals surface area contributed by atoms with Gasteiger partial charge in [0.1, 0.15) is 5.60 Å². The molecule has 1 aliphatic carbocycles. The Morgan fingerprint density at radius 2 is 2.06 bits per heavy atom. The van der Waals surface area contributed by atoms with Gasteiger partial charge >= 0.3 is 5.97 Å². The predicted octanol–water partition coefficient (Wildman–Crippen LogP) is 2.61. The van der Waals surface area contributed by atoms with Crippen LogP contribution in [-0.4, -0.2) is 29.5 Å². The van der Waals surface area contributed by atoms with Crippen LogP contribution in [0.15, 0.2) is 0 Å². The van der Waals surface area contributed by atoms with Gasteiger partial charge in [-0.1, -0.05) is 19.8 Å². The van der Waals surface area contributed by atoms with Crippen molar-refractivity contribution in [3.05, 3.63) is 0 Å². The number of ether oxygens (including phenoxy) is 1. The first kappa shape index (κ1) is 14.4. The first-order valence-electron chi connectivity index (χ1n) is 6.56. The lowest BCUT2D eigenvalue weighted by Gasteiger charge is -2.37. The molecule has 0 bridgehead atoms. The number of rotatable bonds is 5. The molecule has 100 valence electrons. The standard InChI is InChI=1S/C13H23FO3/c1-3-5-10-6-8-13(16,9-7-10)11(14)12(15)17-4-2/h10-11,16H,3-9H2,1-2H3. The maximum atomic E-state index is 13.8. The maximum absolute atomic E-state index is 13.8. The minimum Gasteiger partial charge on any atom is -0.464 e. The fourth-order valence-corrected chi connectivity index (χ4v) is 2.56. The second kappa shape index (κ2) is 6.34. The molecule has 1 N–H and O–H groups in total. The molecule has 3 nitrogen and oxygen atoms in total. The van der Waals surface area contributed by atoms with Gasteiger partial charge in [0, 0.05) is 0 Å². The molecule has 0 spiro atoms. The van der Waals surface area contributed by atoms with E-state index in [0.717, 1.165) is 25.7 Å². The lowest BCUT2D eigenvalue weighted by Crippen LogP contribution is -2.47. The third-order valence-electron chi connectivity index (χ3n) is 3.63. The largest absolute Gasteiger partial charge is 0.464 e. The van der Waals surface area contributed by atoms with Crippen molar-refractivity contribution in [2.75, 3.05) is 6.61 Å². The molecule has 0 amide bonds. The average molecular weight is 246 g/mol. The highest BCUT2D eigenvalue weighted by Crippen LogP contribution is 2.37. The summed E-state index contributed by atoms with van der Waals surface area (Å²) in [6, 6.07) is 0. The van der Waals surface area contributed by atoms with Gasteiger partial charge in [0.05, 0.1) is 6.61 Å². The normalized spacial score (nSPS) is 30.9. The van der Waals surface area contributed by atoms with Crippen molar-refractivity contribution < 1.29 is 19.0 Å². The first-order chi connectivity index (χ1) is 8.03. The molecule has 0 radical (unpaired) electrons. The van der Waals surface area contributed by atoms with E-state index in [1.807, 2.05) is 0 Å². The van der Waals surface area contributed by atoms with Gasteiger partial charge in [0.25, 0.3) is 0 Å². The molecule has 1 rings (SSSR count). The second-order valence-corrected chi connectivity index (χ2v) is 4.95. The van der Waals surface area contributed by atoms with Gasteiger partial charge in [0.2, 0.25) is 6.17 Å². The second-order valence-electron chi connectivity index (χ2n) is 4.95. The number of carbonyl (C=O) groups is 1. The third kappa shape index (κ3) is 3.66. The zero-order valence-corrected chi connectivity index (χ0v) is 10.7. The topological polar surface area (TPSA) is 46.5 Å². The number of aliphatic hydroxyl groups is 1. The highest BCUT2D eigenvalue weighted by atomic mass is 19.1. The molecule has 0 saturated heterocycles. The van der Waals surface area contributed by atoms with Crippen molar-refractivity contribution in [1.82, 2.24) is 0 Å². The minimum absolute atomic E-state index is 0.147. The number of hydrogen-bond acceptors (Lipinski definition) is 3. The summed E-state index contributed by atoms with van der Waals surface area (Å²) < 4.78 is 18.5. The summed E-state index contributed by atoms with van der Waals surface area (Å²) in [7, 11) is 0. The molecular formula is C13H23FO3. The van der Waals surface area contributed by atoms with E-state index in [-0.39, 0.29) is 6.61 Å². The molecule has 1 fully saturated rings. The van der Waals surface area contributed by atoms with Crippen molar-refractivity contribution >= 4 is 5.97 Å². The summed E-state index contributed by atoms with van der Waals surface area (Å²) in [4.78, 5) is 11.3. The summed E-state index contributed by atoms with van der Waals surface area (Å²) in [5.41, 5.74) is -1.50. The smallest absolute Gasteiger partial charge is 0.343 e. The molecule has 4 heteroatoms. The molecule has 1 aliphatic rings. The van der Waals surface area contributed by atoms with Gasteiger partial charge in [-0.3, -0.25) is 0 Å². The van der Waals surface area contributed by atoms with E-state index in [1.165, 1.54) is 0 Å². The van der Waals surface area contributed by atoms with Gasteiger partial charge < -0.3 is 9.84 Å². The van der Waals surface area contributed by atoms with Crippen molar-refractivity contribution in [2.24, 2.45) is 5.92 Å². The molecule has 0 aliphatic heterocycles. The first-order valence-corrected chi connectivity index (χ1v) is 6.56. The zero-order chi connectivity index (χ0) is 12.9. The van der Waals surface area contributed by atoms with Crippen LogP contribution in [0.3, 0.4) is 0 Å². The van der Waals surface area contributed by atoms with Crippen molar-refractivity contribution in [2.45, 2.75) is 64.1 Å². The van der Waals surface area contributed by atoms with Crippen LogP contribution < -0.4 is 0 Å². The summed E-state index contributed by atoms with van der Waals surface area (Å²) in [6.45, 7) is 3.90. The van der Waals surface area contributed by atoms with Gasteiger partial charge in [-0.05, 0) is 38.5 Å². The Kier molecular flexibility index (Phi) is 5.37. The quantitative estimate of drug-likeness (QED) is 0.758. The van der Waals surface area contributed by atoms with Gasteiger partial charge in [0.15, 0.2) is 0 Å². The van der Waals surface area contributed by atoms with Crippen LogP contribution in [0.2, 0.25) is 0 Å². The minimum atomic E-state index is -1.90. The van der Waals surface area contributed by atoms with Crippen molar-refractivity contribution in [3.63, 3.8) is 0 Å². The fraction of sp³-hybridized carbons (Fsp3) is 0.923. The Hall–Kier alpha value is -0.640. The lowest BCUT2D eigenvalue weighted by atomic mass is 9.75. The van der Waals surface area contributed by atoms with Crippen LogP contribution in [0.5, 0.6) is 0 Å². The Bertz CT molecular complexity index is 247. The molecule has 1 saturated carbocycles. The number of alkyl halides is 1. The van der Waals surface area contributed by atoms with E-state index in [2.05, 4.69) is 11.7 Å². The summed E-state index contributed by atoms with van der Waals surface area (Å²) in [6.07, 6.45) is 2.64. The molecule has 1 unspecified atom stereocenters. The van der Waals surface area contributed by atoms with E-state index in [4.69, 9.17) is 0 Å². The lowest BCUT2D eigenvalue weighted by molar-refractivity contribution is -0.164. The molecule has 17 heavy (non-hydrogen) atoms. The number of esters is 1. The van der Waals surface area contributed by atoms with Gasteiger partial charge in [-0.25, -0.2) is 9.18 Å². The van der Waals surface area contributed by atoms with Gasteiger partial charge in [-0.15, -0.1) is 0 Å². The van der Waals surface area contributed by atoms with Crippen molar-refractivity contribution in [3.8, 4) is 0 Å². The molecule has 0 heterocycles. The highest BCUT2D eigenvalue weighted by molar-refractivity contribution is 5.76. The average Bonchev–Trinajstić information content (AvgIpc) is 2.32. The fourth-order valence-electron chi connectivity index (χ4n) is 2.56. The van der Waals surface area contributed by atoms with E-state index in [9.17, 15) is 14.3 Å². The van der Waals surface area contributed by atoms with E-state index < -0.39 is 17.7 Å². The van der Waals surface area contributed by atoms with Gasteiger partial charge in [-0.2, -0.15) is 0 Å². The summed E-state index contributed by atoms with van der Waals surface area (Å²) >= 11 is 0. The van der Waals surface area contributed by atoms with E-state index >= 15 is 0 Å². The molecular weight excluding hydrogens is 223 g/mol. The predicted molar refractivity (Wildman–Crippen MR) is 63.3 cm³/mol. The zero-order valence-electron chi connectivity index (χ0n) is 10.7. The molecule has 1 atom stereocenters. The number of halogens is 1. The molecule has 0 aromatic carbocycles. The van der Waals surface area contributed by atoms with Crippen LogP contribution in [0.4, 0.5) is 4.39 Å². The van der Waals surface area contributed by atoms with E-state index in [1.54, 1.807) is 6.92 Å². The third-order valence-corrected chi connectivity index (χ3v) is 3.63. The van der Waals surface area contributed by atoms with Crippen LogP contribution in [-0.2, 0) is 9.53 Å². The van der Waals surface area contributed by atoms with Crippen LogP contribution in [0.1, 0.15) is 52.4 Å². The van der Waals surface area contributed by atoms with E-state index in [0.29, 0.717) is 18.8 Å². The van der Waals surface area contributed by atoms with Crippen LogP contribution in [0.25, 0.3) is 0 Å². The SMILES string of the molecule is CCCC1CCC(O)(C(F)C(=O)OCC)CC1. The number of carbonyl (C=O) groups excluding carboxylic acids is 1.